The Kier molecular flexibility index (Phi) is 7.40. The molecule has 0 unspecified atom stereocenters. The van der Waals surface area contributed by atoms with Crippen molar-refractivity contribution in [1.82, 2.24) is 9.62 Å². The zero-order chi connectivity index (χ0) is 22.4. The third-order valence-corrected chi connectivity index (χ3v) is 6.91. The van der Waals surface area contributed by atoms with Crippen LogP contribution < -0.4 is 19.5 Å². The van der Waals surface area contributed by atoms with Gasteiger partial charge in [0.1, 0.15) is 11.5 Å². The highest BCUT2D eigenvalue weighted by molar-refractivity contribution is 7.89. The molecular formula is C22H29N3O5S. The van der Waals surface area contributed by atoms with E-state index in [0.717, 1.165) is 18.4 Å². The molecule has 0 radical (unpaired) electrons. The molecule has 0 aromatic heterocycles. The van der Waals surface area contributed by atoms with Gasteiger partial charge >= 0.3 is 6.03 Å². The normalized spacial score (nSPS) is 14.9. The topological polar surface area (TPSA) is 97.0 Å². The van der Waals surface area contributed by atoms with Gasteiger partial charge in [0, 0.05) is 19.6 Å². The lowest BCUT2D eigenvalue weighted by Crippen LogP contribution is -2.43. The molecular weight excluding hydrogens is 418 g/mol. The molecule has 1 aliphatic rings. The number of likely N-dealkylation sites (tertiary alicyclic amines) is 1. The van der Waals surface area contributed by atoms with Crippen LogP contribution >= 0.6 is 0 Å². The zero-order valence-electron chi connectivity index (χ0n) is 18.1. The number of nitrogens with one attached hydrogen (secondary N) is 2. The molecule has 0 atom stereocenters. The minimum Gasteiger partial charge on any atom is -0.496 e. The third-order valence-electron chi connectivity index (χ3n) is 5.49. The van der Waals surface area contributed by atoms with Gasteiger partial charge in [-0.15, -0.1) is 0 Å². The number of para-hydroxylation sites is 2. The lowest BCUT2D eigenvalue weighted by atomic mass is 9.97. The van der Waals surface area contributed by atoms with E-state index >= 15 is 0 Å². The number of benzene rings is 2. The predicted octanol–water partition coefficient (Wildman–Crippen LogP) is 3.23. The van der Waals surface area contributed by atoms with Crippen LogP contribution in [0.2, 0.25) is 0 Å². The second-order valence-corrected chi connectivity index (χ2v) is 9.31. The molecule has 8 nitrogen and oxygen atoms in total. The van der Waals surface area contributed by atoms with Gasteiger partial charge in [-0.1, -0.05) is 12.1 Å². The highest BCUT2D eigenvalue weighted by Crippen LogP contribution is 2.25. The molecule has 1 fully saturated rings. The molecule has 0 saturated carbocycles. The van der Waals surface area contributed by atoms with Crippen molar-refractivity contribution >= 4 is 21.7 Å². The quantitative estimate of drug-likeness (QED) is 0.679. The summed E-state index contributed by atoms with van der Waals surface area (Å²) in [5.74, 6) is 1.43. The van der Waals surface area contributed by atoms with E-state index in [2.05, 4.69) is 10.0 Å². The van der Waals surface area contributed by atoms with Crippen LogP contribution in [0.25, 0.3) is 0 Å². The van der Waals surface area contributed by atoms with Crippen molar-refractivity contribution in [2.24, 2.45) is 5.92 Å². The van der Waals surface area contributed by atoms with Gasteiger partial charge in [-0.05, 0) is 61.6 Å². The van der Waals surface area contributed by atoms with E-state index in [4.69, 9.17) is 9.47 Å². The first-order valence-electron chi connectivity index (χ1n) is 10.2. The summed E-state index contributed by atoms with van der Waals surface area (Å²) in [7, 11) is -0.484. The van der Waals surface area contributed by atoms with Gasteiger partial charge in [0.25, 0.3) is 0 Å². The monoisotopic (exact) mass is 447 g/mol. The number of methoxy groups -OCH3 is 2. The molecule has 31 heavy (non-hydrogen) atoms. The number of anilines is 1. The number of ether oxygens (including phenoxy) is 2. The molecule has 0 aliphatic carbocycles. The maximum absolute atomic E-state index is 12.6. The fourth-order valence-corrected chi connectivity index (χ4v) is 4.81. The number of hydrogen-bond acceptors (Lipinski definition) is 5. The van der Waals surface area contributed by atoms with E-state index in [1.807, 2.05) is 19.1 Å². The molecule has 2 aromatic rings. The van der Waals surface area contributed by atoms with Gasteiger partial charge in [0.05, 0.1) is 24.8 Å². The van der Waals surface area contributed by atoms with Gasteiger partial charge in [-0.2, -0.15) is 0 Å². The molecule has 1 aliphatic heterocycles. The van der Waals surface area contributed by atoms with E-state index in [1.165, 1.54) is 0 Å². The number of aryl methyl sites for hydroxylation is 1. The van der Waals surface area contributed by atoms with Gasteiger partial charge in [-0.25, -0.2) is 17.9 Å². The third kappa shape index (κ3) is 5.68. The van der Waals surface area contributed by atoms with Crippen molar-refractivity contribution in [1.29, 1.82) is 0 Å². The maximum Gasteiger partial charge on any atom is 0.321 e. The van der Waals surface area contributed by atoms with Crippen molar-refractivity contribution < 1.29 is 22.7 Å². The van der Waals surface area contributed by atoms with Crippen LogP contribution in [0.1, 0.15) is 18.4 Å². The van der Waals surface area contributed by atoms with E-state index in [0.29, 0.717) is 36.8 Å². The van der Waals surface area contributed by atoms with Crippen LogP contribution in [-0.2, 0) is 10.0 Å². The average molecular weight is 448 g/mol. The molecule has 2 amide bonds. The minimum absolute atomic E-state index is 0.171. The fourth-order valence-electron chi connectivity index (χ4n) is 3.61. The molecule has 1 saturated heterocycles. The van der Waals surface area contributed by atoms with Crippen molar-refractivity contribution in [3.8, 4) is 11.5 Å². The number of amides is 2. The number of nitrogens with zero attached hydrogens (tertiary/aromatic N) is 1. The van der Waals surface area contributed by atoms with E-state index in [1.54, 1.807) is 49.5 Å². The molecule has 1 heterocycles. The Morgan fingerprint density at radius 1 is 1.06 bits per heavy atom. The highest BCUT2D eigenvalue weighted by atomic mass is 32.2. The van der Waals surface area contributed by atoms with Crippen LogP contribution in [0.15, 0.2) is 47.4 Å². The Morgan fingerprint density at radius 2 is 1.74 bits per heavy atom. The van der Waals surface area contributed by atoms with Gasteiger partial charge < -0.3 is 19.7 Å². The highest BCUT2D eigenvalue weighted by Gasteiger charge is 2.25. The Balaban J connectivity index is 1.51. The number of carbonyl (C=O) groups is 1. The number of piperidine rings is 1. The Hall–Kier alpha value is -2.78. The molecule has 3 rings (SSSR count). The van der Waals surface area contributed by atoms with Crippen LogP contribution in [0, 0.1) is 12.8 Å². The maximum atomic E-state index is 12.6. The van der Waals surface area contributed by atoms with E-state index < -0.39 is 10.0 Å². The smallest absolute Gasteiger partial charge is 0.321 e. The summed E-state index contributed by atoms with van der Waals surface area (Å²) in [6.07, 6.45) is 1.45. The molecule has 168 valence electrons. The predicted molar refractivity (Wildman–Crippen MR) is 119 cm³/mol. The number of hydrogen-bond donors (Lipinski definition) is 2. The summed E-state index contributed by atoms with van der Waals surface area (Å²) in [6, 6.07) is 11.9. The number of urea groups is 1. The molecule has 2 N–H and O–H groups in total. The van der Waals surface area contributed by atoms with E-state index in [-0.39, 0.29) is 16.8 Å². The average Bonchev–Trinajstić information content (AvgIpc) is 2.78. The summed E-state index contributed by atoms with van der Waals surface area (Å²) in [4.78, 5) is 14.5. The molecule has 9 heteroatoms. The van der Waals surface area contributed by atoms with Crippen LogP contribution in [0.4, 0.5) is 10.5 Å². The molecule has 0 spiro atoms. The number of carbonyl (C=O) groups excluding carboxylic acids is 1. The molecule has 0 bridgehead atoms. The standard InChI is InChI=1S/C22H29N3O5S/c1-16-14-18(8-9-20(16)29-2)31(27,28)23-15-17-10-12-25(13-11-17)22(26)24-19-6-4-5-7-21(19)30-3/h4-9,14,17,23H,10-13,15H2,1-3H3,(H,24,26). The van der Waals surface area contributed by atoms with Gasteiger partial charge in [0.2, 0.25) is 10.0 Å². The van der Waals surface area contributed by atoms with Crippen LogP contribution in [0.3, 0.4) is 0 Å². The summed E-state index contributed by atoms with van der Waals surface area (Å²) in [5, 5.41) is 2.88. The van der Waals surface area contributed by atoms with Crippen molar-refractivity contribution in [2.75, 3.05) is 39.2 Å². The van der Waals surface area contributed by atoms with Crippen molar-refractivity contribution in [3.05, 3.63) is 48.0 Å². The Morgan fingerprint density at radius 3 is 2.39 bits per heavy atom. The lowest BCUT2D eigenvalue weighted by Gasteiger charge is -2.32. The SMILES string of the molecule is COc1ccc(S(=O)(=O)NCC2CCN(C(=O)Nc3ccccc3OC)CC2)cc1C. The van der Waals surface area contributed by atoms with Crippen LogP contribution in [-0.4, -0.2) is 53.2 Å². The van der Waals surface area contributed by atoms with Gasteiger partial charge in [0.15, 0.2) is 0 Å². The fraction of sp³-hybridized carbons (Fsp3) is 0.409. The Bertz CT molecular complexity index is 1020. The van der Waals surface area contributed by atoms with E-state index in [9.17, 15) is 13.2 Å². The molecule has 2 aromatic carbocycles. The summed E-state index contributed by atoms with van der Waals surface area (Å²) in [6.45, 7) is 3.28. The van der Waals surface area contributed by atoms with Crippen LogP contribution in [0.5, 0.6) is 11.5 Å². The first-order valence-corrected chi connectivity index (χ1v) is 11.7. The first kappa shape index (κ1) is 22.9. The lowest BCUT2D eigenvalue weighted by molar-refractivity contribution is 0.183. The van der Waals surface area contributed by atoms with Gasteiger partial charge in [-0.3, -0.25) is 0 Å². The Labute approximate surface area is 183 Å². The number of sulfonamides is 1. The number of rotatable bonds is 7. The zero-order valence-corrected chi connectivity index (χ0v) is 18.9. The first-order chi connectivity index (χ1) is 14.8. The summed E-state index contributed by atoms with van der Waals surface area (Å²) >= 11 is 0. The second kappa shape index (κ2) is 10.0. The van der Waals surface area contributed by atoms with Crippen molar-refractivity contribution in [3.63, 3.8) is 0 Å². The summed E-state index contributed by atoms with van der Waals surface area (Å²) in [5.41, 5.74) is 1.39. The van der Waals surface area contributed by atoms with Crippen molar-refractivity contribution in [2.45, 2.75) is 24.7 Å². The minimum atomic E-state index is -3.60. The largest absolute Gasteiger partial charge is 0.496 e. The second-order valence-electron chi connectivity index (χ2n) is 7.54. The summed E-state index contributed by atoms with van der Waals surface area (Å²) < 4.78 is 38.4.